The number of benzene rings is 1. The first-order valence-corrected chi connectivity index (χ1v) is 9.20. The van der Waals surface area contributed by atoms with E-state index < -0.39 is 12.1 Å². The molecule has 0 saturated heterocycles. The summed E-state index contributed by atoms with van der Waals surface area (Å²) in [6.45, 7) is 9.08. The predicted molar refractivity (Wildman–Crippen MR) is 113 cm³/mol. The summed E-state index contributed by atoms with van der Waals surface area (Å²) in [5.74, 6) is 0.105. The van der Waals surface area contributed by atoms with Crippen molar-refractivity contribution in [2.75, 3.05) is 14.2 Å². The van der Waals surface area contributed by atoms with E-state index in [4.69, 9.17) is 14.2 Å². The fraction of sp³-hybridized carbons (Fsp3) is 0.318. The minimum absolute atomic E-state index is 0.182. The lowest BCUT2D eigenvalue weighted by molar-refractivity contribution is -0.144. The van der Waals surface area contributed by atoms with Crippen LogP contribution in [-0.4, -0.2) is 42.0 Å². The van der Waals surface area contributed by atoms with Gasteiger partial charge < -0.3 is 24.6 Å². The summed E-state index contributed by atoms with van der Waals surface area (Å²) in [6.07, 6.45) is 4.55. The Kier molecular flexibility index (Phi) is 7.41. The molecule has 0 unspecified atom stereocenters. The number of oxime groups is 2. The SMILES string of the molecule is C=C(C)C(=O)O[C@H](CC=C(C)C)c1cc(OC)c2c(c1OC)/C(=N/O)C=C/C2=N\O. The summed E-state index contributed by atoms with van der Waals surface area (Å²) in [5, 5.41) is 25.6. The molecule has 2 N–H and O–H groups in total. The van der Waals surface area contributed by atoms with Crippen LogP contribution >= 0.6 is 0 Å². The van der Waals surface area contributed by atoms with Crippen LogP contribution in [0.5, 0.6) is 11.5 Å². The fourth-order valence-electron chi connectivity index (χ4n) is 3.08. The number of carbonyl (C=O) groups excluding carboxylic acids is 1. The fourth-order valence-corrected chi connectivity index (χ4v) is 3.08. The summed E-state index contributed by atoms with van der Waals surface area (Å²) >= 11 is 0. The highest BCUT2D eigenvalue weighted by molar-refractivity contribution is 6.27. The van der Waals surface area contributed by atoms with Gasteiger partial charge in [0.1, 0.15) is 29.0 Å². The Labute approximate surface area is 175 Å². The van der Waals surface area contributed by atoms with Crippen molar-refractivity contribution >= 4 is 17.4 Å². The van der Waals surface area contributed by atoms with E-state index in [0.717, 1.165) is 5.57 Å². The molecule has 160 valence electrons. The van der Waals surface area contributed by atoms with E-state index in [9.17, 15) is 15.2 Å². The van der Waals surface area contributed by atoms with Crippen LogP contribution in [-0.2, 0) is 9.53 Å². The Balaban J connectivity index is 2.81. The van der Waals surface area contributed by atoms with E-state index in [2.05, 4.69) is 16.9 Å². The Morgan fingerprint density at radius 3 is 2.17 bits per heavy atom. The number of rotatable bonds is 7. The first-order valence-electron chi connectivity index (χ1n) is 9.20. The van der Waals surface area contributed by atoms with Gasteiger partial charge in [0.25, 0.3) is 0 Å². The van der Waals surface area contributed by atoms with Gasteiger partial charge in [-0.2, -0.15) is 0 Å². The van der Waals surface area contributed by atoms with E-state index in [1.165, 1.54) is 26.4 Å². The molecule has 2 rings (SSSR count). The van der Waals surface area contributed by atoms with Crippen molar-refractivity contribution in [2.24, 2.45) is 10.3 Å². The third-order valence-electron chi connectivity index (χ3n) is 4.51. The second-order valence-electron chi connectivity index (χ2n) is 6.95. The van der Waals surface area contributed by atoms with Gasteiger partial charge in [-0.15, -0.1) is 0 Å². The Bertz CT molecular complexity index is 968. The molecular formula is C22H26N2O6. The van der Waals surface area contributed by atoms with Crippen molar-refractivity contribution < 1.29 is 29.4 Å². The van der Waals surface area contributed by atoms with Crippen molar-refractivity contribution in [1.82, 2.24) is 0 Å². The number of hydrogen-bond donors (Lipinski definition) is 2. The minimum Gasteiger partial charge on any atom is -0.496 e. The van der Waals surface area contributed by atoms with Crippen molar-refractivity contribution in [2.45, 2.75) is 33.3 Å². The molecular weight excluding hydrogens is 388 g/mol. The summed E-state index contributed by atoms with van der Waals surface area (Å²) < 4.78 is 16.8. The second-order valence-corrected chi connectivity index (χ2v) is 6.95. The van der Waals surface area contributed by atoms with Crippen LogP contribution in [0.2, 0.25) is 0 Å². The lowest BCUT2D eigenvalue weighted by atomic mass is 9.88. The highest BCUT2D eigenvalue weighted by Crippen LogP contribution is 2.42. The number of carbonyl (C=O) groups is 1. The average molecular weight is 414 g/mol. The van der Waals surface area contributed by atoms with E-state index in [1.54, 1.807) is 13.0 Å². The van der Waals surface area contributed by atoms with Gasteiger partial charge in [-0.25, -0.2) is 4.79 Å². The van der Waals surface area contributed by atoms with Crippen LogP contribution in [0.4, 0.5) is 0 Å². The molecule has 1 aromatic carbocycles. The summed E-state index contributed by atoms with van der Waals surface area (Å²) in [7, 11) is 2.91. The number of nitrogens with zero attached hydrogens (tertiary/aromatic N) is 2. The van der Waals surface area contributed by atoms with Gasteiger partial charge in [0.2, 0.25) is 0 Å². The number of ether oxygens (including phenoxy) is 3. The topological polar surface area (TPSA) is 110 Å². The Hall–Kier alpha value is -3.55. The third kappa shape index (κ3) is 4.53. The summed E-state index contributed by atoms with van der Waals surface area (Å²) in [5.41, 5.74) is 2.96. The number of allylic oxidation sites excluding steroid dienone is 3. The molecule has 0 aromatic heterocycles. The van der Waals surface area contributed by atoms with E-state index in [-0.39, 0.29) is 17.0 Å². The molecule has 8 nitrogen and oxygen atoms in total. The van der Waals surface area contributed by atoms with Crippen LogP contribution in [0.1, 0.15) is 50.0 Å². The molecule has 0 heterocycles. The molecule has 1 atom stereocenters. The molecule has 0 saturated carbocycles. The molecule has 1 aliphatic carbocycles. The maximum absolute atomic E-state index is 12.3. The predicted octanol–water partition coefficient (Wildman–Crippen LogP) is 4.15. The van der Waals surface area contributed by atoms with E-state index in [1.807, 2.05) is 19.9 Å². The minimum atomic E-state index is -0.724. The molecule has 30 heavy (non-hydrogen) atoms. The van der Waals surface area contributed by atoms with Gasteiger partial charge >= 0.3 is 5.97 Å². The van der Waals surface area contributed by atoms with Crippen LogP contribution < -0.4 is 9.47 Å². The van der Waals surface area contributed by atoms with E-state index in [0.29, 0.717) is 34.6 Å². The largest absolute Gasteiger partial charge is 0.496 e. The lowest BCUT2D eigenvalue weighted by Crippen LogP contribution is -2.20. The molecule has 0 aliphatic heterocycles. The molecule has 0 spiro atoms. The summed E-state index contributed by atoms with van der Waals surface area (Å²) in [6, 6.07) is 1.66. The van der Waals surface area contributed by atoms with Gasteiger partial charge in [-0.1, -0.05) is 28.5 Å². The van der Waals surface area contributed by atoms with Crippen molar-refractivity contribution in [3.05, 3.63) is 58.7 Å². The highest BCUT2D eigenvalue weighted by atomic mass is 16.5. The highest BCUT2D eigenvalue weighted by Gasteiger charge is 2.32. The first-order chi connectivity index (χ1) is 14.3. The van der Waals surface area contributed by atoms with Gasteiger partial charge in [-0.3, -0.25) is 0 Å². The zero-order chi connectivity index (χ0) is 22.4. The van der Waals surface area contributed by atoms with Crippen LogP contribution in [0, 0.1) is 0 Å². The molecule has 8 heteroatoms. The zero-order valence-corrected chi connectivity index (χ0v) is 17.7. The van der Waals surface area contributed by atoms with Gasteiger partial charge in [0.15, 0.2) is 0 Å². The van der Waals surface area contributed by atoms with Crippen LogP contribution in [0.3, 0.4) is 0 Å². The lowest BCUT2D eigenvalue weighted by Gasteiger charge is -2.26. The standard InChI is InChI=1S/C22H26N2O6/c1-12(2)7-10-17(30-22(25)13(3)4)14-11-18(28-5)19-15(23-26)8-9-16(24-27)20(19)21(14)29-6/h7-9,11,17,26-27H,3,10H2,1-2,4-6H3/b23-15+,24-16+/t17-/m1/s1. The van der Waals surface area contributed by atoms with Crippen molar-refractivity contribution in [3.8, 4) is 11.5 Å². The molecule has 0 bridgehead atoms. The zero-order valence-electron chi connectivity index (χ0n) is 17.7. The number of esters is 1. The quantitative estimate of drug-likeness (QED) is 0.228. The normalized spacial score (nSPS) is 16.0. The van der Waals surface area contributed by atoms with Gasteiger partial charge in [0, 0.05) is 17.6 Å². The number of hydrogen-bond acceptors (Lipinski definition) is 8. The smallest absolute Gasteiger partial charge is 0.333 e. The monoisotopic (exact) mass is 414 g/mol. The van der Waals surface area contributed by atoms with Gasteiger partial charge in [0.05, 0.1) is 25.3 Å². The first kappa shape index (κ1) is 22.7. The molecule has 1 aromatic rings. The number of fused-ring (bicyclic) bond motifs is 1. The average Bonchev–Trinajstić information content (AvgIpc) is 2.73. The maximum atomic E-state index is 12.3. The van der Waals surface area contributed by atoms with Gasteiger partial charge in [-0.05, 0) is 39.0 Å². The van der Waals surface area contributed by atoms with Crippen LogP contribution in [0.25, 0.3) is 0 Å². The third-order valence-corrected chi connectivity index (χ3v) is 4.51. The van der Waals surface area contributed by atoms with E-state index >= 15 is 0 Å². The van der Waals surface area contributed by atoms with Crippen molar-refractivity contribution in [1.29, 1.82) is 0 Å². The van der Waals surface area contributed by atoms with Crippen molar-refractivity contribution in [3.63, 3.8) is 0 Å². The second kappa shape index (κ2) is 9.78. The molecule has 1 aliphatic rings. The maximum Gasteiger partial charge on any atom is 0.333 e. The molecule has 0 amide bonds. The molecule has 0 radical (unpaired) electrons. The van der Waals surface area contributed by atoms with Crippen LogP contribution in [0.15, 0.2) is 52.3 Å². The summed E-state index contributed by atoms with van der Waals surface area (Å²) in [4.78, 5) is 12.3. The Morgan fingerprint density at radius 1 is 1.10 bits per heavy atom. The number of methoxy groups -OCH3 is 2. The Morgan fingerprint density at radius 2 is 1.70 bits per heavy atom. The molecule has 0 fully saturated rings.